The second-order valence-corrected chi connectivity index (χ2v) is 13.8. The maximum Gasteiger partial charge on any atom is 0.224 e. The van der Waals surface area contributed by atoms with E-state index in [0.717, 1.165) is 60.9 Å². The predicted molar refractivity (Wildman–Crippen MR) is 145 cm³/mol. The molecular formula is C32H44N2O3. The summed E-state index contributed by atoms with van der Waals surface area (Å²) in [5, 5.41) is 11.7. The van der Waals surface area contributed by atoms with Crippen molar-refractivity contribution in [2.45, 2.75) is 97.5 Å². The van der Waals surface area contributed by atoms with Crippen LogP contribution in [0.25, 0.3) is 10.9 Å². The van der Waals surface area contributed by atoms with Gasteiger partial charge in [0.15, 0.2) is 5.78 Å². The van der Waals surface area contributed by atoms with E-state index < -0.39 is 5.60 Å². The molecule has 4 saturated carbocycles. The molecule has 37 heavy (non-hydrogen) atoms. The zero-order valence-corrected chi connectivity index (χ0v) is 23.1. The molecule has 0 radical (unpaired) electrons. The topological polar surface area (TPSA) is 72.3 Å². The molecule has 4 aliphatic carbocycles. The van der Waals surface area contributed by atoms with Crippen LogP contribution in [0.3, 0.4) is 0 Å². The Labute approximate surface area is 221 Å². The van der Waals surface area contributed by atoms with Gasteiger partial charge in [-0.1, -0.05) is 32.4 Å². The smallest absolute Gasteiger partial charge is 0.224 e. The molecule has 0 spiro atoms. The van der Waals surface area contributed by atoms with Crippen molar-refractivity contribution in [2.24, 2.45) is 40.4 Å². The zero-order chi connectivity index (χ0) is 26.0. The minimum Gasteiger partial charge on any atom is -0.469 e. The maximum atomic E-state index is 13.8. The molecule has 1 aromatic carbocycles. The van der Waals surface area contributed by atoms with Crippen molar-refractivity contribution in [3.05, 3.63) is 30.1 Å². The molecule has 0 aliphatic heterocycles. The number of aliphatic hydroxyl groups is 1. The summed E-state index contributed by atoms with van der Waals surface area (Å²) in [4.78, 5) is 22.5. The quantitative estimate of drug-likeness (QED) is 0.502. The van der Waals surface area contributed by atoms with Crippen molar-refractivity contribution in [1.82, 2.24) is 9.97 Å². The van der Waals surface area contributed by atoms with Crippen LogP contribution in [0.15, 0.2) is 24.5 Å². The predicted octanol–water partition coefficient (Wildman–Crippen LogP) is 6.69. The van der Waals surface area contributed by atoms with E-state index in [2.05, 4.69) is 23.8 Å². The molecule has 4 fully saturated rings. The summed E-state index contributed by atoms with van der Waals surface area (Å²) in [6.45, 7) is 9.14. The number of aromatic nitrogens is 2. The number of benzene rings is 1. The Morgan fingerprint density at radius 3 is 2.65 bits per heavy atom. The van der Waals surface area contributed by atoms with E-state index in [1.807, 2.05) is 32.0 Å². The molecule has 1 N–H and O–H groups in total. The lowest BCUT2D eigenvalue weighted by molar-refractivity contribution is -0.169. The molecule has 2 aromatic rings. The molecule has 0 saturated heterocycles. The number of ether oxygens (including phenoxy) is 1. The van der Waals surface area contributed by atoms with Crippen molar-refractivity contribution in [3.63, 3.8) is 0 Å². The highest BCUT2D eigenvalue weighted by atomic mass is 16.5. The molecular weight excluding hydrogens is 460 g/mol. The van der Waals surface area contributed by atoms with Crippen LogP contribution < -0.4 is 4.74 Å². The van der Waals surface area contributed by atoms with Crippen LogP contribution in [0.2, 0.25) is 0 Å². The average Bonchev–Trinajstić information content (AvgIpc) is 2.87. The summed E-state index contributed by atoms with van der Waals surface area (Å²) in [5.74, 6) is 3.55. The number of Topliss-reactive ketones (excluding diaryl/α,β-unsaturated/α-hetero) is 1. The van der Waals surface area contributed by atoms with E-state index in [1.54, 1.807) is 0 Å². The molecule has 5 nitrogen and oxygen atoms in total. The lowest BCUT2D eigenvalue weighted by Gasteiger charge is -2.64. The average molecular weight is 505 g/mol. The van der Waals surface area contributed by atoms with Crippen molar-refractivity contribution in [2.75, 3.05) is 6.61 Å². The third-order valence-corrected chi connectivity index (χ3v) is 11.8. The van der Waals surface area contributed by atoms with Gasteiger partial charge in [0.05, 0.1) is 16.5 Å². The van der Waals surface area contributed by atoms with E-state index in [0.29, 0.717) is 29.0 Å². The summed E-state index contributed by atoms with van der Waals surface area (Å²) in [6.07, 6.45) is 12.9. The van der Waals surface area contributed by atoms with Crippen LogP contribution >= 0.6 is 0 Å². The number of ketones is 1. The fourth-order valence-corrected chi connectivity index (χ4v) is 9.72. The lowest BCUT2D eigenvalue weighted by atomic mass is 9.41. The molecule has 4 aliphatic rings. The van der Waals surface area contributed by atoms with Gasteiger partial charge >= 0.3 is 0 Å². The molecule has 5 heteroatoms. The highest BCUT2D eigenvalue weighted by Gasteiger charge is 2.60. The number of hydrogen-bond acceptors (Lipinski definition) is 5. The molecule has 6 rings (SSSR count). The Morgan fingerprint density at radius 1 is 1.00 bits per heavy atom. The van der Waals surface area contributed by atoms with Crippen molar-refractivity contribution < 1.29 is 14.6 Å². The van der Waals surface area contributed by atoms with Gasteiger partial charge in [-0.25, -0.2) is 9.97 Å². The number of fused-ring (bicyclic) bond motifs is 6. The molecule has 0 bridgehead atoms. The van der Waals surface area contributed by atoms with Crippen LogP contribution in [0, 0.1) is 47.3 Å². The number of carbonyl (C=O) groups excluding carboxylic acids is 1. The van der Waals surface area contributed by atoms with Crippen LogP contribution in [0.4, 0.5) is 0 Å². The zero-order valence-electron chi connectivity index (χ0n) is 23.1. The molecule has 8 atom stereocenters. The number of hydrogen-bond donors (Lipinski definition) is 1. The summed E-state index contributed by atoms with van der Waals surface area (Å²) in [5.41, 5.74) is 1.89. The number of rotatable bonds is 4. The van der Waals surface area contributed by atoms with Crippen LogP contribution in [-0.2, 0) is 4.79 Å². The first-order valence-electron chi connectivity index (χ1n) is 14.7. The summed E-state index contributed by atoms with van der Waals surface area (Å²) in [6, 6.07) is 6.00. The van der Waals surface area contributed by atoms with E-state index in [1.165, 1.54) is 32.0 Å². The molecule has 1 heterocycles. The van der Waals surface area contributed by atoms with Crippen LogP contribution in [0.1, 0.15) is 90.5 Å². The van der Waals surface area contributed by atoms with Crippen molar-refractivity contribution in [1.29, 1.82) is 0 Å². The lowest BCUT2D eigenvalue weighted by Crippen LogP contribution is -2.58. The van der Waals surface area contributed by atoms with Gasteiger partial charge in [-0.3, -0.25) is 4.79 Å². The van der Waals surface area contributed by atoms with Crippen molar-refractivity contribution in [3.8, 4) is 5.88 Å². The standard InChI is InChI=1S/C32H44N2O3/c1-20-7-5-8-23-28(20)33-19-34-29(23)37-18-27(35)26-10-6-9-24-22-12-11-21-17-30(2,36)15-16-31(21,3)25(22)13-14-32(24,26)4/h5,7-8,19,21-22,24-26,36H,6,9-18H2,1-4H3/t21-,22-,24-,25-,26+,30+,31-,32-/m0/s1. The third-order valence-electron chi connectivity index (χ3n) is 11.8. The normalized spacial score (nSPS) is 41.4. The number of para-hydroxylation sites is 1. The molecule has 1 aromatic heterocycles. The Kier molecular flexibility index (Phi) is 6.17. The summed E-state index contributed by atoms with van der Waals surface area (Å²) in [7, 11) is 0. The molecule has 200 valence electrons. The minimum atomic E-state index is -0.490. The second-order valence-electron chi connectivity index (χ2n) is 13.8. The summed E-state index contributed by atoms with van der Waals surface area (Å²) < 4.78 is 6.10. The first-order valence-corrected chi connectivity index (χ1v) is 14.7. The van der Waals surface area contributed by atoms with Gasteiger partial charge in [-0.05, 0) is 118 Å². The monoisotopic (exact) mass is 504 g/mol. The Hall–Kier alpha value is -2.01. The van der Waals surface area contributed by atoms with Crippen molar-refractivity contribution >= 4 is 16.7 Å². The highest BCUT2D eigenvalue weighted by molar-refractivity contribution is 5.87. The number of carbonyl (C=O) groups is 1. The third kappa shape index (κ3) is 4.11. The van der Waals surface area contributed by atoms with Gasteiger partial charge in [0.2, 0.25) is 5.88 Å². The van der Waals surface area contributed by atoms with Gasteiger partial charge in [-0.2, -0.15) is 0 Å². The maximum absolute atomic E-state index is 13.8. The van der Waals surface area contributed by atoms with Gasteiger partial charge < -0.3 is 9.84 Å². The number of aryl methyl sites for hydroxylation is 1. The van der Waals surface area contributed by atoms with Gasteiger partial charge in [0, 0.05) is 5.92 Å². The Morgan fingerprint density at radius 2 is 1.81 bits per heavy atom. The van der Waals surface area contributed by atoms with E-state index in [4.69, 9.17) is 4.74 Å². The first-order chi connectivity index (χ1) is 17.6. The Bertz CT molecular complexity index is 1190. The van der Waals surface area contributed by atoms with Gasteiger partial charge in [0.1, 0.15) is 12.9 Å². The minimum absolute atomic E-state index is 0.0630. The SMILES string of the molecule is Cc1cccc2c(OCC(=O)[C@H]3CCC[C@H]4[C@@H]5CC[C@H]6C[C@](C)(O)CC[C@]6(C)[C@H]5CC[C@]34C)ncnc12. The second kappa shape index (κ2) is 9.03. The number of nitrogens with zero attached hydrogens (tertiary/aromatic N) is 2. The van der Waals surface area contributed by atoms with Crippen LogP contribution in [0.5, 0.6) is 5.88 Å². The molecule has 0 unspecified atom stereocenters. The fourth-order valence-electron chi connectivity index (χ4n) is 9.72. The highest BCUT2D eigenvalue weighted by Crippen LogP contribution is 2.67. The van der Waals surface area contributed by atoms with Crippen LogP contribution in [-0.4, -0.2) is 33.1 Å². The first kappa shape index (κ1) is 25.3. The van der Waals surface area contributed by atoms with Gasteiger partial charge in [-0.15, -0.1) is 0 Å². The van der Waals surface area contributed by atoms with Gasteiger partial charge in [0.25, 0.3) is 0 Å². The molecule has 0 amide bonds. The summed E-state index contributed by atoms with van der Waals surface area (Å²) >= 11 is 0. The Balaban J connectivity index is 1.19. The largest absolute Gasteiger partial charge is 0.469 e. The fraction of sp³-hybridized carbons (Fsp3) is 0.719. The van der Waals surface area contributed by atoms with E-state index >= 15 is 0 Å². The van der Waals surface area contributed by atoms with E-state index in [9.17, 15) is 9.90 Å². The van der Waals surface area contributed by atoms with E-state index in [-0.39, 0.29) is 23.7 Å².